The Labute approximate surface area is 165 Å². The van der Waals surface area contributed by atoms with E-state index in [0.29, 0.717) is 6.54 Å². The van der Waals surface area contributed by atoms with E-state index in [0.717, 1.165) is 35.5 Å². The fourth-order valence-corrected chi connectivity index (χ4v) is 4.65. The van der Waals surface area contributed by atoms with Crippen LogP contribution in [0.1, 0.15) is 48.2 Å². The van der Waals surface area contributed by atoms with Crippen LogP contribution in [0.5, 0.6) is 0 Å². The molecule has 0 bridgehead atoms. The number of fused-ring (bicyclic) bond motifs is 4. The first-order chi connectivity index (χ1) is 13.7. The number of anilines is 1. The predicted molar refractivity (Wildman–Crippen MR) is 112 cm³/mol. The van der Waals surface area contributed by atoms with Gasteiger partial charge in [0, 0.05) is 17.6 Å². The number of carbonyl (C=O) groups excluding carboxylic acids is 1. The van der Waals surface area contributed by atoms with Crippen molar-refractivity contribution in [3.05, 3.63) is 83.2 Å². The monoisotopic (exact) mass is 371 g/mol. The van der Waals surface area contributed by atoms with E-state index in [1.807, 2.05) is 17.0 Å². The summed E-state index contributed by atoms with van der Waals surface area (Å²) in [5.41, 5.74) is 7.12. The highest BCUT2D eigenvalue weighted by molar-refractivity contribution is 5.91. The van der Waals surface area contributed by atoms with Crippen molar-refractivity contribution >= 4 is 11.7 Å². The summed E-state index contributed by atoms with van der Waals surface area (Å²) >= 11 is 0. The first kappa shape index (κ1) is 17.1. The second-order valence-corrected chi connectivity index (χ2v) is 7.82. The van der Waals surface area contributed by atoms with Gasteiger partial charge < -0.3 is 14.8 Å². The number of urea groups is 1. The van der Waals surface area contributed by atoms with E-state index in [2.05, 4.69) is 65.5 Å². The fourth-order valence-electron chi connectivity index (χ4n) is 4.65. The molecule has 5 rings (SSSR count). The number of aromatic nitrogens is 1. The lowest BCUT2D eigenvalue weighted by Gasteiger charge is -2.29. The zero-order chi connectivity index (χ0) is 19.1. The summed E-state index contributed by atoms with van der Waals surface area (Å²) in [7, 11) is 0. The van der Waals surface area contributed by atoms with E-state index in [1.54, 1.807) is 0 Å². The smallest absolute Gasteiger partial charge is 0.318 e. The van der Waals surface area contributed by atoms with Gasteiger partial charge in [-0.2, -0.15) is 0 Å². The summed E-state index contributed by atoms with van der Waals surface area (Å²) in [6.07, 6.45) is 6.68. The average molecular weight is 371 g/mol. The Kier molecular flexibility index (Phi) is 4.19. The third-order valence-corrected chi connectivity index (χ3v) is 6.17. The summed E-state index contributed by atoms with van der Waals surface area (Å²) < 4.78 is 2.21. The maximum atomic E-state index is 13.4. The first-order valence-corrected chi connectivity index (χ1v) is 10.2. The van der Waals surface area contributed by atoms with Gasteiger partial charge >= 0.3 is 6.03 Å². The Morgan fingerprint density at radius 2 is 1.79 bits per heavy atom. The summed E-state index contributed by atoms with van der Waals surface area (Å²) in [6, 6.07) is 18.8. The normalized spacial score (nSPS) is 17.9. The second kappa shape index (κ2) is 6.86. The van der Waals surface area contributed by atoms with Crippen LogP contribution in [0.15, 0.2) is 60.8 Å². The Balaban J connectivity index is 1.49. The molecule has 1 atom stereocenters. The number of aryl methyl sites for hydroxylation is 1. The summed E-state index contributed by atoms with van der Waals surface area (Å²) in [6.45, 7) is 2.71. The molecule has 0 fully saturated rings. The highest BCUT2D eigenvalue weighted by atomic mass is 16.2. The van der Waals surface area contributed by atoms with Gasteiger partial charge in [-0.05, 0) is 73.6 Å². The number of hydrogen-bond acceptors (Lipinski definition) is 1. The average Bonchev–Trinajstić information content (AvgIpc) is 3.18. The van der Waals surface area contributed by atoms with Gasteiger partial charge in [0.2, 0.25) is 0 Å². The minimum Gasteiger partial charge on any atom is -0.318 e. The molecular formula is C24H25N3O. The Hall–Kier alpha value is -3.01. The number of rotatable bonds is 1. The van der Waals surface area contributed by atoms with Crippen molar-refractivity contribution in [1.82, 2.24) is 9.47 Å². The van der Waals surface area contributed by atoms with Crippen molar-refractivity contribution in [3.8, 4) is 5.69 Å². The van der Waals surface area contributed by atoms with E-state index >= 15 is 0 Å². The largest absolute Gasteiger partial charge is 0.322 e. The molecule has 2 amide bonds. The quantitative estimate of drug-likeness (QED) is 0.605. The predicted octanol–water partition coefficient (Wildman–Crippen LogP) is 5.46. The van der Waals surface area contributed by atoms with Crippen LogP contribution in [0.4, 0.5) is 10.5 Å². The van der Waals surface area contributed by atoms with Crippen LogP contribution in [-0.2, 0) is 19.4 Å². The maximum Gasteiger partial charge on any atom is 0.322 e. The van der Waals surface area contributed by atoms with Crippen molar-refractivity contribution in [2.45, 2.75) is 45.2 Å². The fraction of sp³-hybridized carbons (Fsp3) is 0.292. The molecule has 0 spiro atoms. The van der Waals surface area contributed by atoms with Gasteiger partial charge in [0.15, 0.2) is 0 Å². The van der Waals surface area contributed by atoms with Gasteiger partial charge in [0.25, 0.3) is 0 Å². The summed E-state index contributed by atoms with van der Waals surface area (Å²) in [4.78, 5) is 15.3. The van der Waals surface area contributed by atoms with Crippen LogP contribution in [0.25, 0.3) is 5.69 Å². The van der Waals surface area contributed by atoms with Crippen molar-refractivity contribution in [2.24, 2.45) is 0 Å². The number of amides is 2. The number of carbonyl (C=O) groups is 1. The Morgan fingerprint density at radius 3 is 2.71 bits per heavy atom. The van der Waals surface area contributed by atoms with Crippen LogP contribution < -0.4 is 5.32 Å². The van der Waals surface area contributed by atoms with E-state index in [1.165, 1.54) is 24.0 Å². The molecule has 2 aromatic carbocycles. The molecule has 2 aliphatic rings. The van der Waals surface area contributed by atoms with Crippen LogP contribution in [-0.4, -0.2) is 15.5 Å². The highest BCUT2D eigenvalue weighted by Gasteiger charge is 2.29. The van der Waals surface area contributed by atoms with E-state index in [-0.39, 0.29) is 12.1 Å². The van der Waals surface area contributed by atoms with Gasteiger partial charge in [-0.3, -0.25) is 0 Å². The molecule has 28 heavy (non-hydrogen) atoms. The standard InChI is InChI=1S/C24H25N3O/c1-17-22-14-7-15-26(22)23-13-5-3-9-19(23)16-27(17)24(28)25-21-12-6-10-18-8-2-4-11-20(18)21/h3,5-7,9-10,12-15,17H,2,4,8,11,16H2,1H3,(H,25,28)/t17-/m1/s1. The number of nitrogens with one attached hydrogen (secondary N) is 1. The highest BCUT2D eigenvalue weighted by Crippen LogP contribution is 2.33. The minimum absolute atomic E-state index is 0.0121. The molecule has 3 aromatic rings. The van der Waals surface area contributed by atoms with Crippen molar-refractivity contribution in [3.63, 3.8) is 0 Å². The van der Waals surface area contributed by atoms with Gasteiger partial charge in [0.05, 0.1) is 18.3 Å². The topological polar surface area (TPSA) is 37.3 Å². The molecule has 142 valence electrons. The van der Waals surface area contributed by atoms with Crippen LogP contribution in [0.3, 0.4) is 0 Å². The van der Waals surface area contributed by atoms with Gasteiger partial charge in [-0.15, -0.1) is 0 Å². The third kappa shape index (κ3) is 2.80. The van der Waals surface area contributed by atoms with Gasteiger partial charge in [-0.1, -0.05) is 30.3 Å². The van der Waals surface area contributed by atoms with E-state index in [9.17, 15) is 4.79 Å². The number of benzene rings is 2. The van der Waals surface area contributed by atoms with Gasteiger partial charge in [0.1, 0.15) is 0 Å². The first-order valence-electron chi connectivity index (χ1n) is 10.2. The molecule has 0 unspecified atom stereocenters. The van der Waals surface area contributed by atoms with Crippen LogP contribution >= 0.6 is 0 Å². The number of nitrogens with zero attached hydrogens (tertiary/aromatic N) is 2. The molecule has 4 heteroatoms. The molecule has 1 aromatic heterocycles. The third-order valence-electron chi connectivity index (χ3n) is 6.17. The molecule has 2 heterocycles. The lowest BCUT2D eigenvalue weighted by molar-refractivity contribution is 0.189. The van der Waals surface area contributed by atoms with Crippen LogP contribution in [0.2, 0.25) is 0 Å². The molecular weight excluding hydrogens is 346 g/mol. The molecule has 4 nitrogen and oxygen atoms in total. The Bertz CT molecular complexity index is 1040. The van der Waals surface area contributed by atoms with E-state index < -0.39 is 0 Å². The molecule has 1 aliphatic carbocycles. The zero-order valence-corrected chi connectivity index (χ0v) is 16.2. The lowest BCUT2D eigenvalue weighted by atomic mass is 9.90. The molecule has 1 aliphatic heterocycles. The van der Waals surface area contributed by atoms with Crippen LogP contribution in [0, 0.1) is 0 Å². The number of para-hydroxylation sites is 1. The SMILES string of the molecule is C[C@@H]1c2cccn2-c2ccccc2CN1C(=O)Nc1cccc2c1CCCC2. The van der Waals surface area contributed by atoms with Crippen molar-refractivity contribution in [2.75, 3.05) is 5.32 Å². The lowest BCUT2D eigenvalue weighted by Crippen LogP contribution is -2.36. The maximum absolute atomic E-state index is 13.4. The molecule has 0 saturated carbocycles. The van der Waals surface area contributed by atoms with Crippen molar-refractivity contribution < 1.29 is 4.79 Å². The molecule has 1 N–H and O–H groups in total. The van der Waals surface area contributed by atoms with E-state index in [4.69, 9.17) is 0 Å². The number of hydrogen-bond donors (Lipinski definition) is 1. The molecule has 0 saturated heterocycles. The van der Waals surface area contributed by atoms with Crippen molar-refractivity contribution in [1.29, 1.82) is 0 Å². The Morgan fingerprint density at radius 1 is 0.964 bits per heavy atom. The minimum atomic E-state index is -0.0315. The molecule has 0 radical (unpaired) electrons. The summed E-state index contributed by atoms with van der Waals surface area (Å²) in [5, 5.41) is 3.23. The zero-order valence-electron chi connectivity index (χ0n) is 16.2. The van der Waals surface area contributed by atoms with Gasteiger partial charge in [-0.25, -0.2) is 4.79 Å². The summed E-state index contributed by atoms with van der Waals surface area (Å²) in [5.74, 6) is 0. The second-order valence-electron chi connectivity index (χ2n) is 7.82.